The summed E-state index contributed by atoms with van der Waals surface area (Å²) < 4.78 is 5.44. The molecule has 0 aliphatic heterocycles. The first-order valence-corrected chi connectivity index (χ1v) is 13.8. The summed E-state index contributed by atoms with van der Waals surface area (Å²) in [7, 11) is 2.00. The Morgan fingerprint density at radius 1 is 0.756 bits per heavy atom. The van der Waals surface area contributed by atoms with E-state index in [1.165, 1.54) is 10.1 Å². The molecule has 4 aromatic heterocycles. The number of aromatic nitrogens is 5. The second-order valence-corrected chi connectivity index (χ2v) is 10.7. The Balaban J connectivity index is 0.00000276. The fourth-order valence-electron chi connectivity index (χ4n) is 5.39. The van der Waals surface area contributed by atoms with Crippen molar-refractivity contribution >= 4 is 43.4 Å². The predicted octanol–water partition coefficient (Wildman–Crippen LogP) is 8.12. The molecule has 4 aromatic carbocycles. The SMILES string of the molecule is Cn1ccnc1-c1ccc(-n2c3[c-]c(-c4nc5ccccc5s4)ccc3c3ccccc32)[c-]c1-c1ccccn1.[Pt+2]. The van der Waals surface area contributed by atoms with Crippen molar-refractivity contribution in [2.45, 2.75) is 0 Å². The van der Waals surface area contributed by atoms with Gasteiger partial charge in [0.2, 0.25) is 0 Å². The van der Waals surface area contributed by atoms with Crippen molar-refractivity contribution in [3.63, 3.8) is 0 Å². The quantitative estimate of drug-likeness (QED) is 0.172. The van der Waals surface area contributed by atoms with Crippen molar-refractivity contribution in [3.8, 4) is 38.9 Å². The van der Waals surface area contributed by atoms with E-state index < -0.39 is 0 Å². The molecule has 0 aliphatic rings. The van der Waals surface area contributed by atoms with Crippen molar-refractivity contribution in [1.82, 2.24) is 24.1 Å². The fourth-order valence-corrected chi connectivity index (χ4v) is 6.34. The molecule has 0 saturated heterocycles. The molecule has 41 heavy (non-hydrogen) atoms. The van der Waals surface area contributed by atoms with E-state index in [-0.39, 0.29) is 21.1 Å². The molecule has 0 unspecified atom stereocenters. The summed E-state index contributed by atoms with van der Waals surface area (Å²) in [5.41, 5.74) is 7.73. The molecule has 0 saturated carbocycles. The van der Waals surface area contributed by atoms with Gasteiger partial charge in [0.25, 0.3) is 0 Å². The van der Waals surface area contributed by atoms with Gasteiger partial charge in [0.15, 0.2) is 0 Å². The summed E-state index contributed by atoms with van der Waals surface area (Å²) in [6.07, 6.45) is 5.59. The minimum Gasteiger partial charge on any atom is -0.346 e. The van der Waals surface area contributed by atoms with E-state index >= 15 is 0 Å². The first kappa shape index (κ1) is 25.6. The summed E-state index contributed by atoms with van der Waals surface area (Å²) in [5.74, 6) is 0.871. The Morgan fingerprint density at radius 2 is 1.61 bits per heavy atom. The van der Waals surface area contributed by atoms with Crippen molar-refractivity contribution < 1.29 is 21.1 Å². The number of nitrogens with zero attached hydrogens (tertiary/aromatic N) is 5. The molecule has 0 radical (unpaired) electrons. The van der Waals surface area contributed by atoms with Crippen LogP contribution in [0.2, 0.25) is 0 Å². The molecule has 0 aliphatic carbocycles. The normalized spacial score (nSPS) is 11.3. The Hall–Kier alpha value is -4.38. The molecule has 0 fully saturated rings. The first-order valence-electron chi connectivity index (χ1n) is 13.0. The minimum atomic E-state index is 0. The molecule has 8 rings (SSSR count). The van der Waals surface area contributed by atoms with Gasteiger partial charge in [0.05, 0.1) is 11.3 Å². The third-order valence-electron chi connectivity index (χ3n) is 7.26. The maximum Gasteiger partial charge on any atom is 2.00 e. The minimum absolute atomic E-state index is 0. The molecule has 8 aromatic rings. The molecule has 0 N–H and O–H groups in total. The molecule has 0 atom stereocenters. The zero-order valence-corrected chi connectivity index (χ0v) is 24.9. The number of imidazole rings is 1. The van der Waals surface area contributed by atoms with Gasteiger partial charge in [-0.05, 0) is 46.5 Å². The van der Waals surface area contributed by atoms with Gasteiger partial charge in [-0.3, -0.25) is 4.98 Å². The number of thiazole rings is 1. The largest absolute Gasteiger partial charge is 2.00 e. The Morgan fingerprint density at radius 3 is 2.44 bits per heavy atom. The van der Waals surface area contributed by atoms with Crippen LogP contribution in [0.3, 0.4) is 0 Å². The summed E-state index contributed by atoms with van der Waals surface area (Å²) in [6, 6.07) is 38.7. The molecule has 0 bridgehead atoms. The van der Waals surface area contributed by atoms with E-state index in [4.69, 9.17) is 4.98 Å². The third-order valence-corrected chi connectivity index (χ3v) is 8.33. The summed E-state index contributed by atoms with van der Waals surface area (Å²) in [6.45, 7) is 0. The van der Waals surface area contributed by atoms with Gasteiger partial charge in [0.1, 0.15) is 0 Å². The van der Waals surface area contributed by atoms with Crippen LogP contribution < -0.4 is 0 Å². The van der Waals surface area contributed by atoms with Crippen LogP contribution in [0.4, 0.5) is 0 Å². The number of fused-ring (bicyclic) bond motifs is 4. The number of hydrogen-bond acceptors (Lipinski definition) is 4. The van der Waals surface area contributed by atoms with Crippen LogP contribution in [-0.2, 0) is 28.1 Å². The molecule has 7 heteroatoms. The maximum absolute atomic E-state index is 4.90. The molecule has 5 nitrogen and oxygen atoms in total. The van der Waals surface area contributed by atoms with Gasteiger partial charge < -0.3 is 14.1 Å². The summed E-state index contributed by atoms with van der Waals surface area (Å²) in [5, 5.41) is 3.27. The van der Waals surface area contributed by atoms with Crippen LogP contribution in [0.1, 0.15) is 0 Å². The monoisotopic (exact) mass is 726 g/mol. The second kappa shape index (κ2) is 10.2. The standard InChI is InChI=1S/C34H21N5S.Pt/c1-38-19-18-36-33(38)26-16-14-23(21-27(26)28-9-6-7-17-35-28)39-30-11-4-2-8-24(30)25-15-13-22(20-31(25)39)34-37-29-10-3-5-12-32(29)40-34;/h2-19H,1H3;/q-2;+2. The molecule has 0 spiro atoms. The number of aryl methyl sites for hydroxylation is 1. The van der Waals surface area contributed by atoms with Crippen molar-refractivity contribution in [2.24, 2.45) is 7.05 Å². The van der Waals surface area contributed by atoms with Crippen LogP contribution in [0, 0.1) is 12.1 Å². The molecule has 0 amide bonds. The smallest absolute Gasteiger partial charge is 0.346 e. The fraction of sp³-hybridized carbons (Fsp3) is 0.0294. The molecule has 198 valence electrons. The zero-order valence-electron chi connectivity index (χ0n) is 21.9. The van der Waals surface area contributed by atoms with E-state index in [9.17, 15) is 0 Å². The van der Waals surface area contributed by atoms with Crippen LogP contribution in [0.25, 0.3) is 70.9 Å². The Bertz CT molecular complexity index is 2160. The van der Waals surface area contributed by atoms with Crippen LogP contribution in [0.15, 0.2) is 110 Å². The average molecular weight is 727 g/mol. The number of para-hydroxylation sites is 2. The molecule has 4 heterocycles. The topological polar surface area (TPSA) is 48.5 Å². The van der Waals surface area contributed by atoms with Gasteiger partial charge in [0, 0.05) is 40.9 Å². The predicted molar refractivity (Wildman–Crippen MR) is 162 cm³/mol. The number of pyridine rings is 1. The van der Waals surface area contributed by atoms with E-state index in [2.05, 4.69) is 93.4 Å². The Kier molecular flexibility index (Phi) is 6.38. The van der Waals surface area contributed by atoms with Gasteiger partial charge in [-0.15, -0.1) is 47.5 Å². The first-order chi connectivity index (χ1) is 19.7. The van der Waals surface area contributed by atoms with Crippen molar-refractivity contribution in [3.05, 3.63) is 122 Å². The van der Waals surface area contributed by atoms with Crippen LogP contribution in [-0.4, -0.2) is 24.1 Å². The van der Waals surface area contributed by atoms with E-state index in [0.29, 0.717) is 0 Å². The van der Waals surface area contributed by atoms with Crippen LogP contribution >= 0.6 is 11.3 Å². The Labute approximate surface area is 255 Å². The van der Waals surface area contributed by atoms with E-state index in [1.807, 2.05) is 54.5 Å². The molecular weight excluding hydrogens is 706 g/mol. The number of hydrogen-bond donors (Lipinski definition) is 0. The summed E-state index contributed by atoms with van der Waals surface area (Å²) >= 11 is 1.69. The van der Waals surface area contributed by atoms with Crippen molar-refractivity contribution in [1.29, 1.82) is 0 Å². The van der Waals surface area contributed by atoms with Gasteiger partial charge in [-0.2, -0.15) is 11.3 Å². The maximum atomic E-state index is 4.90. The van der Waals surface area contributed by atoms with Gasteiger partial charge in [-0.1, -0.05) is 53.4 Å². The van der Waals surface area contributed by atoms with Gasteiger partial charge in [-0.25, -0.2) is 4.98 Å². The average Bonchev–Trinajstić information content (AvgIpc) is 3.72. The number of rotatable bonds is 4. The number of benzene rings is 4. The molecular formula is C34H21N5PtS. The van der Waals surface area contributed by atoms with Crippen molar-refractivity contribution in [2.75, 3.05) is 0 Å². The van der Waals surface area contributed by atoms with Crippen LogP contribution in [0.5, 0.6) is 0 Å². The van der Waals surface area contributed by atoms with E-state index in [0.717, 1.165) is 60.8 Å². The van der Waals surface area contributed by atoms with E-state index in [1.54, 1.807) is 11.3 Å². The summed E-state index contributed by atoms with van der Waals surface area (Å²) in [4.78, 5) is 14.2. The zero-order chi connectivity index (χ0) is 26.6. The third kappa shape index (κ3) is 4.22. The van der Waals surface area contributed by atoms with Gasteiger partial charge >= 0.3 is 21.1 Å². The second-order valence-electron chi connectivity index (χ2n) is 9.68.